The van der Waals surface area contributed by atoms with Gasteiger partial charge in [0.15, 0.2) is 5.38 Å². The van der Waals surface area contributed by atoms with Gasteiger partial charge in [0.1, 0.15) is 0 Å². The molecule has 0 aliphatic carbocycles. The third kappa shape index (κ3) is 2.81. The van der Waals surface area contributed by atoms with Crippen LogP contribution in [0.4, 0.5) is 0 Å². The number of ether oxygens (including phenoxy) is 1. The molecule has 1 unspecified atom stereocenters. The molecule has 0 aliphatic rings. The molecule has 0 spiro atoms. The molecule has 2 nitrogen and oxygen atoms in total. The van der Waals surface area contributed by atoms with Crippen molar-refractivity contribution in [2.24, 2.45) is 0 Å². The molecule has 0 amide bonds. The molecule has 1 atom stereocenters. The van der Waals surface area contributed by atoms with Gasteiger partial charge in [-0.15, -0.1) is 11.6 Å². The summed E-state index contributed by atoms with van der Waals surface area (Å²) in [6.45, 7) is 10.2. The highest BCUT2D eigenvalue weighted by Gasteiger charge is 2.24. The Kier molecular flexibility index (Phi) is 4.58. The van der Waals surface area contributed by atoms with Crippen molar-refractivity contribution < 1.29 is 9.53 Å². The Morgan fingerprint density at radius 3 is 2.12 bits per heavy atom. The molecular formula is C14H19ClO2. The van der Waals surface area contributed by atoms with E-state index in [2.05, 4.69) is 6.07 Å². The Balaban J connectivity index is 3.25. The summed E-state index contributed by atoms with van der Waals surface area (Å²) in [7, 11) is 0. The summed E-state index contributed by atoms with van der Waals surface area (Å²) < 4.78 is 4.98. The maximum Gasteiger partial charge on any atom is 0.328 e. The van der Waals surface area contributed by atoms with Crippen molar-refractivity contribution >= 4 is 17.6 Å². The number of alkyl halides is 1. The normalized spacial score (nSPS) is 12.4. The van der Waals surface area contributed by atoms with Crippen LogP contribution in [0, 0.1) is 27.7 Å². The van der Waals surface area contributed by atoms with Crippen LogP contribution in [0.25, 0.3) is 0 Å². The Hall–Kier alpha value is -1.02. The molecule has 0 fully saturated rings. The second-order valence-corrected chi connectivity index (χ2v) is 4.73. The first-order valence-electron chi connectivity index (χ1n) is 5.78. The van der Waals surface area contributed by atoms with E-state index < -0.39 is 5.38 Å². The summed E-state index contributed by atoms with van der Waals surface area (Å²) in [6, 6.07) is 2.11. The second-order valence-electron chi connectivity index (χ2n) is 4.29. The Morgan fingerprint density at radius 1 is 1.24 bits per heavy atom. The third-order valence-corrected chi connectivity index (χ3v) is 3.57. The molecule has 17 heavy (non-hydrogen) atoms. The fraction of sp³-hybridized carbons (Fsp3) is 0.500. The van der Waals surface area contributed by atoms with Crippen LogP contribution in [0.2, 0.25) is 0 Å². The number of esters is 1. The molecule has 3 heteroatoms. The molecule has 0 saturated heterocycles. The Morgan fingerprint density at radius 2 is 1.71 bits per heavy atom. The molecule has 1 aromatic carbocycles. The van der Waals surface area contributed by atoms with Crippen LogP contribution in [0.15, 0.2) is 6.07 Å². The van der Waals surface area contributed by atoms with E-state index in [-0.39, 0.29) is 5.97 Å². The van der Waals surface area contributed by atoms with Gasteiger partial charge in [-0.05, 0) is 62.4 Å². The van der Waals surface area contributed by atoms with Gasteiger partial charge < -0.3 is 4.74 Å². The largest absolute Gasteiger partial charge is 0.465 e. The average Bonchev–Trinajstić information content (AvgIpc) is 2.27. The lowest BCUT2D eigenvalue weighted by molar-refractivity contribution is -0.142. The number of aryl methyl sites for hydroxylation is 2. The van der Waals surface area contributed by atoms with E-state index in [0.717, 1.165) is 27.8 Å². The molecule has 0 saturated carbocycles. The zero-order valence-electron chi connectivity index (χ0n) is 11.1. The number of hydrogen-bond donors (Lipinski definition) is 0. The zero-order valence-corrected chi connectivity index (χ0v) is 11.8. The van der Waals surface area contributed by atoms with Gasteiger partial charge in [-0.25, -0.2) is 0 Å². The van der Waals surface area contributed by atoms with Crippen LogP contribution in [0.5, 0.6) is 0 Å². The van der Waals surface area contributed by atoms with Crippen molar-refractivity contribution in [1.29, 1.82) is 0 Å². The van der Waals surface area contributed by atoms with Gasteiger partial charge in [0.2, 0.25) is 0 Å². The molecular weight excluding hydrogens is 236 g/mol. The number of halogens is 1. The van der Waals surface area contributed by atoms with Crippen molar-refractivity contribution in [2.45, 2.75) is 40.0 Å². The first-order valence-corrected chi connectivity index (χ1v) is 6.21. The second kappa shape index (κ2) is 5.54. The maximum absolute atomic E-state index is 11.7. The topological polar surface area (TPSA) is 26.3 Å². The van der Waals surface area contributed by atoms with Crippen LogP contribution >= 0.6 is 11.6 Å². The number of hydrogen-bond acceptors (Lipinski definition) is 2. The van der Waals surface area contributed by atoms with Crippen LogP contribution in [-0.2, 0) is 9.53 Å². The Bertz CT molecular complexity index is 412. The van der Waals surface area contributed by atoms with Crippen molar-refractivity contribution in [3.63, 3.8) is 0 Å². The monoisotopic (exact) mass is 254 g/mol. The lowest BCUT2D eigenvalue weighted by atomic mass is 9.92. The summed E-state index contributed by atoms with van der Waals surface area (Å²) in [4.78, 5) is 11.7. The molecule has 0 heterocycles. The summed E-state index contributed by atoms with van der Waals surface area (Å²) >= 11 is 6.22. The van der Waals surface area contributed by atoms with Crippen LogP contribution < -0.4 is 0 Å². The summed E-state index contributed by atoms with van der Waals surface area (Å²) in [5.41, 5.74) is 5.33. The van der Waals surface area contributed by atoms with Crippen LogP contribution in [0.1, 0.15) is 40.1 Å². The molecule has 94 valence electrons. The highest BCUT2D eigenvalue weighted by molar-refractivity contribution is 6.30. The van der Waals surface area contributed by atoms with Gasteiger partial charge in [-0.2, -0.15) is 0 Å². The average molecular weight is 255 g/mol. The van der Waals surface area contributed by atoms with E-state index in [4.69, 9.17) is 16.3 Å². The quantitative estimate of drug-likeness (QED) is 0.606. The van der Waals surface area contributed by atoms with E-state index in [1.807, 2.05) is 27.7 Å². The molecule has 0 bridgehead atoms. The highest BCUT2D eigenvalue weighted by Crippen LogP contribution is 2.32. The van der Waals surface area contributed by atoms with Gasteiger partial charge in [-0.1, -0.05) is 6.07 Å². The molecule has 0 aliphatic heterocycles. The van der Waals surface area contributed by atoms with Crippen LogP contribution in [0.3, 0.4) is 0 Å². The predicted molar refractivity (Wildman–Crippen MR) is 70.6 cm³/mol. The molecule has 0 aromatic heterocycles. The summed E-state index contributed by atoms with van der Waals surface area (Å²) in [6.07, 6.45) is 0. The van der Waals surface area contributed by atoms with Crippen molar-refractivity contribution in [1.82, 2.24) is 0 Å². The van der Waals surface area contributed by atoms with Gasteiger partial charge in [0.05, 0.1) is 6.61 Å². The minimum atomic E-state index is -0.714. The Labute approximate surface area is 108 Å². The molecule has 0 N–H and O–H groups in total. The fourth-order valence-electron chi connectivity index (χ4n) is 1.96. The first-order chi connectivity index (χ1) is 7.90. The number of carbonyl (C=O) groups excluding carboxylic acids is 1. The first kappa shape index (κ1) is 14.0. The van der Waals surface area contributed by atoms with E-state index in [1.165, 1.54) is 0 Å². The summed E-state index contributed by atoms with van der Waals surface area (Å²) in [5.74, 6) is -0.370. The van der Waals surface area contributed by atoms with Gasteiger partial charge >= 0.3 is 5.97 Å². The fourth-order valence-corrected chi connectivity index (χ4v) is 2.35. The molecule has 1 aromatic rings. The molecule has 0 radical (unpaired) electrons. The van der Waals surface area contributed by atoms with E-state index in [9.17, 15) is 4.79 Å². The summed E-state index contributed by atoms with van der Waals surface area (Å²) in [5, 5.41) is -0.714. The molecule has 1 rings (SSSR count). The third-order valence-electron chi connectivity index (χ3n) is 3.17. The highest BCUT2D eigenvalue weighted by atomic mass is 35.5. The van der Waals surface area contributed by atoms with Crippen molar-refractivity contribution in [3.05, 3.63) is 33.9 Å². The lowest BCUT2D eigenvalue weighted by Gasteiger charge is -2.18. The van der Waals surface area contributed by atoms with Crippen molar-refractivity contribution in [2.75, 3.05) is 6.61 Å². The van der Waals surface area contributed by atoms with E-state index >= 15 is 0 Å². The van der Waals surface area contributed by atoms with E-state index in [1.54, 1.807) is 6.92 Å². The zero-order chi connectivity index (χ0) is 13.2. The van der Waals surface area contributed by atoms with Gasteiger partial charge in [0.25, 0.3) is 0 Å². The van der Waals surface area contributed by atoms with Crippen LogP contribution in [-0.4, -0.2) is 12.6 Å². The van der Waals surface area contributed by atoms with Gasteiger partial charge in [0, 0.05) is 0 Å². The SMILES string of the molecule is CCOC(=O)C(Cl)c1c(C)c(C)cc(C)c1C. The lowest BCUT2D eigenvalue weighted by Crippen LogP contribution is -2.14. The minimum Gasteiger partial charge on any atom is -0.465 e. The predicted octanol–water partition coefficient (Wildman–Crippen LogP) is 3.76. The maximum atomic E-state index is 11.7. The standard InChI is InChI=1S/C14H19ClO2/c1-6-17-14(16)13(15)12-10(4)8(2)7-9(3)11(12)5/h7,13H,6H2,1-5H3. The number of benzene rings is 1. The number of rotatable bonds is 3. The smallest absolute Gasteiger partial charge is 0.328 e. The van der Waals surface area contributed by atoms with Crippen molar-refractivity contribution in [3.8, 4) is 0 Å². The number of carbonyl (C=O) groups is 1. The van der Waals surface area contributed by atoms with Gasteiger partial charge in [-0.3, -0.25) is 4.79 Å². The van der Waals surface area contributed by atoms with E-state index in [0.29, 0.717) is 6.61 Å². The minimum absolute atomic E-state index is 0.352.